The molecular formula is C15H16Cl2N4O. The van der Waals surface area contributed by atoms with Crippen molar-refractivity contribution in [3.05, 3.63) is 45.7 Å². The predicted octanol–water partition coefficient (Wildman–Crippen LogP) is 4.17. The highest BCUT2D eigenvalue weighted by Gasteiger charge is 2.14. The number of carbonyl (C=O) groups excluding carboxylic acids is 1. The zero-order valence-electron chi connectivity index (χ0n) is 12.3. The van der Waals surface area contributed by atoms with Crippen molar-refractivity contribution in [1.82, 2.24) is 9.97 Å². The Kier molecular flexibility index (Phi) is 5.57. The van der Waals surface area contributed by atoms with Crippen molar-refractivity contribution in [2.45, 2.75) is 20.3 Å². The summed E-state index contributed by atoms with van der Waals surface area (Å²) in [6, 6.07) is 6.63. The van der Waals surface area contributed by atoms with Crippen LogP contribution < -0.4 is 10.6 Å². The highest BCUT2D eigenvalue weighted by molar-refractivity contribution is 6.40. The van der Waals surface area contributed by atoms with Crippen LogP contribution in [0.5, 0.6) is 0 Å². The van der Waals surface area contributed by atoms with Gasteiger partial charge in [-0.05, 0) is 31.5 Å². The van der Waals surface area contributed by atoms with Gasteiger partial charge >= 0.3 is 0 Å². The minimum absolute atomic E-state index is 0.252. The van der Waals surface area contributed by atoms with E-state index < -0.39 is 0 Å². The lowest BCUT2D eigenvalue weighted by Gasteiger charge is -2.10. The summed E-state index contributed by atoms with van der Waals surface area (Å²) in [6.45, 7) is 4.58. The number of hydrogen-bond donors (Lipinski definition) is 2. The zero-order chi connectivity index (χ0) is 16.1. The van der Waals surface area contributed by atoms with Crippen LogP contribution in [0.1, 0.15) is 29.5 Å². The molecule has 0 spiro atoms. The van der Waals surface area contributed by atoms with Gasteiger partial charge in [0.15, 0.2) is 0 Å². The van der Waals surface area contributed by atoms with Gasteiger partial charge in [0.1, 0.15) is 5.69 Å². The molecule has 2 rings (SSSR count). The van der Waals surface area contributed by atoms with Crippen LogP contribution in [0.2, 0.25) is 10.0 Å². The van der Waals surface area contributed by atoms with Crippen molar-refractivity contribution in [3.8, 4) is 0 Å². The van der Waals surface area contributed by atoms with E-state index in [1.54, 1.807) is 31.2 Å². The largest absolute Gasteiger partial charge is 0.354 e. The van der Waals surface area contributed by atoms with Gasteiger partial charge in [0.2, 0.25) is 5.95 Å². The Morgan fingerprint density at radius 1 is 1.23 bits per heavy atom. The summed E-state index contributed by atoms with van der Waals surface area (Å²) in [5.41, 5.74) is 1.32. The molecule has 0 bridgehead atoms. The summed E-state index contributed by atoms with van der Waals surface area (Å²) >= 11 is 12.1. The van der Waals surface area contributed by atoms with Crippen molar-refractivity contribution in [1.29, 1.82) is 0 Å². The Morgan fingerprint density at radius 2 is 1.91 bits per heavy atom. The van der Waals surface area contributed by atoms with Gasteiger partial charge in [0, 0.05) is 12.2 Å². The van der Waals surface area contributed by atoms with Crippen molar-refractivity contribution in [3.63, 3.8) is 0 Å². The first-order valence-corrected chi connectivity index (χ1v) is 7.61. The van der Waals surface area contributed by atoms with Crippen LogP contribution in [0.25, 0.3) is 0 Å². The molecule has 116 valence electrons. The average Bonchev–Trinajstić information content (AvgIpc) is 2.48. The molecule has 0 aliphatic heterocycles. The number of halogens is 2. The van der Waals surface area contributed by atoms with E-state index in [1.165, 1.54) is 0 Å². The van der Waals surface area contributed by atoms with E-state index in [0.29, 0.717) is 27.4 Å². The lowest BCUT2D eigenvalue weighted by Crippen LogP contribution is -2.16. The van der Waals surface area contributed by atoms with Crippen molar-refractivity contribution in [2.75, 3.05) is 17.2 Å². The molecular weight excluding hydrogens is 323 g/mol. The average molecular weight is 339 g/mol. The van der Waals surface area contributed by atoms with Gasteiger partial charge in [-0.25, -0.2) is 9.97 Å². The molecule has 2 aromatic rings. The Hall–Kier alpha value is -1.85. The summed E-state index contributed by atoms with van der Waals surface area (Å²) in [5, 5.41) is 6.49. The van der Waals surface area contributed by atoms with Crippen LogP contribution in [0.15, 0.2) is 24.3 Å². The van der Waals surface area contributed by atoms with Gasteiger partial charge in [0.25, 0.3) is 5.91 Å². The first-order chi connectivity index (χ1) is 10.5. The number of nitrogens with one attached hydrogen (secondary N) is 2. The molecule has 0 saturated carbocycles. The molecule has 2 N–H and O–H groups in total. The maximum Gasteiger partial charge on any atom is 0.274 e. The molecule has 0 unspecified atom stereocenters. The van der Waals surface area contributed by atoms with Crippen molar-refractivity contribution in [2.24, 2.45) is 0 Å². The smallest absolute Gasteiger partial charge is 0.274 e. The maximum atomic E-state index is 12.4. The molecule has 0 fully saturated rings. The second-order valence-electron chi connectivity index (χ2n) is 4.70. The Bertz CT molecular complexity index is 671. The van der Waals surface area contributed by atoms with Crippen LogP contribution in [0.3, 0.4) is 0 Å². The lowest BCUT2D eigenvalue weighted by atomic mass is 10.3. The molecule has 0 aliphatic carbocycles. The normalized spacial score (nSPS) is 10.4. The highest BCUT2D eigenvalue weighted by Crippen LogP contribution is 2.30. The van der Waals surface area contributed by atoms with Gasteiger partial charge in [-0.3, -0.25) is 4.79 Å². The lowest BCUT2D eigenvalue weighted by molar-refractivity contribution is 0.102. The minimum Gasteiger partial charge on any atom is -0.354 e. The fourth-order valence-electron chi connectivity index (χ4n) is 1.80. The van der Waals surface area contributed by atoms with E-state index in [4.69, 9.17) is 23.2 Å². The van der Waals surface area contributed by atoms with Crippen molar-refractivity contribution >= 4 is 40.7 Å². The van der Waals surface area contributed by atoms with E-state index in [2.05, 4.69) is 20.6 Å². The van der Waals surface area contributed by atoms with Gasteiger partial charge in [-0.2, -0.15) is 0 Å². The third kappa shape index (κ3) is 4.08. The summed E-state index contributed by atoms with van der Waals surface area (Å²) in [6.07, 6.45) is 0.939. The van der Waals surface area contributed by atoms with Gasteiger partial charge in [-0.15, -0.1) is 0 Å². The summed E-state index contributed by atoms with van der Waals surface area (Å²) in [4.78, 5) is 20.8. The zero-order valence-corrected chi connectivity index (χ0v) is 13.8. The predicted molar refractivity (Wildman–Crippen MR) is 90.0 cm³/mol. The van der Waals surface area contributed by atoms with E-state index >= 15 is 0 Å². The SMILES string of the molecule is CCCNc1nc(C)cc(C(=O)Nc2c(Cl)cccc2Cl)n1. The van der Waals surface area contributed by atoms with E-state index in [-0.39, 0.29) is 11.6 Å². The fourth-order valence-corrected chi connectivity index (χ4v) is 2.29. The van der Waals surface area contributed by atoms with E-state index in [9.17, 15) is 4.79 Å². The third-order valence-corrected chi connectivity index (χ3v) is 3.45. The molecule has 1 heterocycles. The molecule has 7 heteroatoms. The summed E-state index contributed by atoms with van der Waals surface area (Å²) in [7, 11) is 0. The number of carbonyl (C=O) groups is 1. The van der Waals surface area contributed by atoms with Crippen LogP contribution in [-0.4, -0.2) is 22.4 Å². The number of aromatic nitrogens is 2. The van der Waals surface area contributed by atoms with Crippen LogP contribution in [-0.2, 0) is 0 Å². The Labute approximate surface area is 139 Å². The maximum absolute atomic E-state index is 12.4. The number of amides is 1. The molecule has 1 aromatic heterocycles. The van der Waals surface area contributed by atoms with Crippen LogP contribution in [0.4, 0.5) is 11.6 Å². The molecule has 0 saturated heterocycles. The Balaban J connectivity index is 2.24. The van der Waals surface area contributed by atoms with E-state index in [1.807, 2.05) is 6.92 Å². The van der Waals surface area contributed by atoms with Gasteiger partial charge < -0.3 is 10.6 Å². The fraction of sp³-hybridized carbons (Fsp3) is 0.267. The second-order valence-corrected chi connectivity index (χ2v) is 5.51. The number of rotatable bonds is 5. The van der Waals surface area contributed by atoms with Crippen LogP contribution in [0, 0.1) is 6.92 Å². The van der Waals surface area contributed by atoms with E-state index in [0.717, 1.165) is 13.0 Å². The third-order valence-electron chi connectivity index (χ3n) is 2.82. The molecule has 0 radical (unpaired) electrons. The quantitative estimate of drug-likeness (QED) is 0.858. The first-order valence-electron chi connectivity index (χ1n) is 6.86. The molecule has 5 nitrogen and oxygen atoms in total. The topological polar surface area (TPSA) is 66.9 Å². The van der Waals surface area contributed by atoms with Gasteiger partial charge in [0.05, 0.1) is 15.7 Å². The molecule has 1 aromatic carbocycles. The number of hydrogen-bond acceptors (Lipinski definition) is 4. The van der Waals surface area contributed by atoms with Gasteiger partial charge in [-0.1, -0.05) is 36.2 Å². The number of benzene rings is 1. The first kappa shape index (κ1) is 16.5. The second kappa shape index (κ2) is 7.42. The number of anilines is 2. The summed E-state index contributed by atoms with van der Waals surface area (Å²) in [5.74, 6) is 0.0392. The molecule has 0 atom stereocenters. The minimum atomic E-state index is -0.389. The molecule has 1 amide bonds. The highest BCUT2D eigenvalue weighted by atomic mass is 35.5. The Morgan fingerprint density at radius 3 is 2.55 bits per heavy atom. The molecule has 0 aliphatic rings. The monoisotopic (exact) mass is 338 g/mol. The van der Waals surface area contributed by atoms with Crippen LogP contribution >= 0.6 is 23.2 Å². The standard InChI is InChI=1S/C15H16Cl2N4O/c1-3-7-18-15-19-9(2)8-12(20-15)14(22)21-13-10(16)5-4-6-11(13)17/h4-6,8H,3,7H2,1-2H3,(H,21,22)(H,18,19,20). The number of para-hydroxylation sites is 1. The number of aryl methyl sites for hydroxylation is 1. The number of nitrogens with zero attached hydrogens (tertiary/aromatic N) is 2. The molecule has 22 heavy (non-hydrogen) atoms. The summed E-state index contributed by atoms with van der Waals surface area (Å²) < 4.78 is 0. The van der Waals surface area contributed by atoms with Crippen molar-refractivity contribution < 1.29 is 4.79 Å².